The second kappa shape index (κ2) is 7.32. The number of hydrogen-bond donors (Lipinski definition) is 3. The van der Waals surface area contributed by atoms with E-state index < -0.39 is 16.6 Å². The molecule has 0 aliphatic heterocycles. The summed E-state index contributed by atoms with van der Waals surface area (Å²) in [4.78, 5) is 9.99. The molecule has 8 heteroatoms. The molecule has 0 amide bonds. The Kier molecular flexibility index (Phi) is 6.05. The van der Waals surface area contributed by atoms with Crippen LogP contribution >= 0.6 is 0 Å². The van der Waals surface area contributed by atoms with Crippen LogP contribution < -0.4 is 5.32 Å². The van der Waals surface area contributed by atoms with Crippen LogP contribution in [0.25, 0.3) is 0 Å². The monoisotopic (exact) mass is 286 g/mol. The molecule has 8 nitrogen and oxygen atoms in total. The molecular weight excluding hydrogens is 264 g/mol. The smallest absolute Gasteiger partial charge is 0.306 e. The van der Waals surface area contributed by atoms with Crippen LogP contribution in [-0.2, 0) is 6.54 Å². The topological polar surface area (TPSA) is 113 Å². The van der Waals surface area contributed by atoms with E-state index in [2.05, 4.69) is 10.4 Å². The van der Waals surface area contributed by atoms with Crippen molar-refractivity contribution >= 4 is 5.69 Å². The van der Waals surface area contributed by atoms with Crippen molar-refractivity contribution in [1.82, 2.24) is 15.1 Å². The first-order chi connectivity index (χ1) is 9.46. The van der Waals surface area contributed by atoms with E-state index in [4.69, 9.17) is 0 Å². The molecule has 114 valence electrons. The zero-order valence-corrected chi connectivity index (χ0v) is 11.8. The zero-order chi connectivity index (χ0) is 15.2. The van der Waals surface area contributed by atoms with Gasteiger partial charge in [-0.2, -0.15) is 5.10 Å². The summed E-state index contributed by atoms with van der Waals surface area (Å²) < 4.78 is 1.34. The van der Waals surface area contributed by atoms with Gasteiger partial charge in [0, 0.05) is 12.1 Å². The second-order valence-corrected chi connectivity index (χ2v) is 4.86. The minimum Gasteiger partial charge on any atom is -0.394 e. The molecule has 20 heavy (non-hydrogen) atoms. The molecule has 0 fully saturated rings. The van der Waals surface area contributed by atoms with Gasteiger partial charge in [-0.1, -0.05) is 13.8 Å². The SMILES string of the molecule is CCC(CC)(CO)NCC(O)Cn1cc([N+](=O)[O-])cn1. The maximum atomic E-state index is 10.5. The Hall–Kier alpha value is -1.51. The number of nitrogens with zero attached hydrogens (tertiary/aromatic N) is 3. The van der Waals surface area contributed by atoms with E-state index in [1.54, 1.807) is 0 Å². The van der Waals surface area contributed by atoms with Crippen LogP contribution in [0, 0.1) is 10.1 Å². The highest BCUT2D eigenvalue weighted by Gasteiger charge is 2.25. The maximum absolute atomic E-state index is 10.5. The van der Waals surface area contributed by atoms with Gasteiger partial charge in [-0.25, -0.2) is 0 Å². The lowest BCUT2D eigenvalue weighted by Gasteiger charge is -2.32. The van der Waals surface area contributed by atoms with Crippen LogP contribution in [0.4, 0.5) is 5.69 Å². The minimum absolute atomic E-state index is 0.0000381. The quantitative estimate of drug-likeness (QED) is 0.444. The van der Waals surface area contributed by atoms with Crippen molar-refractivity contribution in [3.63, 3.8) is 0 Å². The Morgan fingerprint density at radius 2 is 2.20 bits per heavy atom. The van der Waals surface area contributed by atoms with Crippen LogP contribution in [0.1, 0.15) is 26.7 Å². The summed E-state index contributed by atoms with van der Waals surface area (Å²) in [7, 11) is 0. The van der Waals surface area contributed by atoms with E-state index in [1.165, 1.54) is 10.9 Å². The van der Waals surface area contributed by atoms with E-state index >= 15 is 0 Å². The molecule has 0 spiro atoms. The lowest BCUT2D eigenvalue weighted by atomic mass is 9.94. The molecule has 0 saturated heterocycles. The normalized spacial score (nSPS) is 13.4. The molecule has 0 radical (unpaired) electrons. The fourth-order valence-electron chi connectivity index (χ4n) is 1.94. The predicted octanol–water partition coefficient (Wildman–Crippen LogP) is 0.293. The molecule has 1 rings (SSSR count). The van der Waals surface area contributed by atoms with Gasteiger partial charge in [0.2, 0.25) is 0 Å². The first-order valence-corrected chi connectivity index (χ1v) is 6.67. The summed E-state index contributed by atoms with van der Waals surface area (Å²) in [5.41, 5.74) is -0.492. The minimum atomic E-state index is -0.737. The van der Waals surface area contributed by atoms with Gasteiger partial charge in [0.15, 0.2) is 0 Å². The highest BCUT2D eigenvalue weighted by molar-refractivity contribution is 5.20. The molecule has 1 heterocycles. The third-order valence-electron chi connectivity index (χ3n) is 3.60. The first-order valence-electron chi connectivity index (χ1n) is 6.67. The maximum Gasteiger partial charge on any atom is 0.306 e. The summed E-state index contributed by atoms with van der Waals surface area (Å²) in [6.45, 7) is 4.39. The van der Waals surface area contributed by atoms with Gasteiger partial charge in [-0.15, -0.1) is 0 Å². The van der Waals surface area contributed by atoms with E-state index in [0.717, 1.165) is 19.0 Å². The van der Waals surface area contributed by atoms with Gasteiger partial charge >= 0.3 is 5.69 Å². The Bertz CT molecular complexity index is 423. The number of rotatable bonds is 9. The Labute approximate surface area is 117 Å². The molecule has 1 atom stereocenters. The standard InChI is InChI=1S/C12H22N4O4/c1-3-12(4-2,9-17)13-6-11(18)8-15-7-10(5-14-15)16(19)20/h5,7,11,13,17-18H,3-4,6,8-9H2,1-2H3. The van der Waals surface area contributed by atoms with Gasteiger partial charge in [0.05, 0.1) is 24.2 Å². The van der Waals surface area contributed by atoms with Crippen molar-refractivity contribution in [2.24, 2.45) is 0 Å². The molecule has 0 aliphatic carbocycles. The average Bonchev–Trinajstić information content (AvgIpc) is 2.90. The van der Waals surface area contributed by atoms with Gasteiger partial charge in [-0.3, -0.25) is 14.8 Å². The largest absolute Gasteiger partial charge is 0.394 e. The number of nitro groups is 1. The van der Waals surface area contributed by atoms with Crippen molar-refractivity contribution in [1.29, 1.82) is 0 Å². The van der Waals surface area contributed by atoms with Gasteiger partial charge in [-0.05, 0) is 12.8 Å². The summed E-state index contributed by atoms with van der Waals surface area (Å²) in [5.74, 6) is 0. The van der Waals surface area contributed by atoms with Gasteiger partial charge < -0.3 is 15.5 Å². The molecular formula is C12H22N4O4. The lowest BCUT2D eigenvalue weighted by molar-refractivity contribution is -0.385. The molecule has 0 saturated carbocycles. The third kappa shape index (κ3) is 4.26. The number of hydrogen-bond acceptors (Lipinski definition) is 6. The van der Waals surface area contributed by atoms with Crippen molar-refractivity contribution in [2.75, 3.05) is 13.2 Å². The van der Waals surface area contributed by atoms with Crippen molar-refractivity contribution in [2.45, 2.75) is 44.9 Å². The van der Waals surface area contributed by atoms with E-state index in [9.17, 15) is 20.3 Å². The van der Waals surface area contributed by atoms with Crippen molar-refractivity contribution in [3.05, 3.63) is 22.5 Å². The molecule has 1 aromatic heterocycles. The fourth-order valence-corrected chi connectivity index (χ4v) is 1.94. The van der Waals surface area contributed by atoms with E-state index in [0.29, 0.717) is 0 Å². The number of aliphatic hydroxyl groups excluding tert-OH is 2. The summed E-state index contributed by atoms with van der Waals surface area (Å²) in [5, 5.41) is 36.8. The summed E-state index contributed by atoms with van der Waals surface area (Å²) >= 11 is 0. The highest BCUT2D eigenvalue weighted by atomic mass is 16.6. The van der Waals surface area contributed by atoms with Crippen LogP contribution in [0.15, 0.2) is 12.4 Å². The van der Waals surface area contributed by atoms with E-state index in [1.807, 2.05) is 13.8 Å². The Morgan fingerprint density at radius 3 is 2.65 bits per heavy atom. The Morgan fingerprint density at radius 1 is 1.55 bits per heavy atom. The van der Waals surface area contributed by atoms with Crippen molar-refractivity contribution in [3.8, 4) is 0 Å². The molecule has 0 bridgehead atoms. The van der Waals surface area contributed by atoms with Crippen LogP contribution in [-0.4, -0.2) is 49.7 Å². The van der Waals surface area contributed by atoms with Crippen LogP contribution in [0.3, 0.4) is 0 Å². The molecule has 3 N–H and O–H groups in total. The number of aromatic nitrogens is 2. The van der Waals surface area contributed by atoms with Gasteiger partial charge in [0.25, 0.3) is 0 Å². The zero-order valence-electron chi connectivity index (χ0n) is 11.8. The Balaban J connectivity index is 2.50. The van der Waals surface area contributed by atoms with Crippen molar-refractivity contribution < 1.29 is 15.1 Å². The predicted molar refractivity (Wildman–Crippen MR) is 73.3 cm³/mol. The van der Waals surface area contributed by atoms with E-state index in [-0.39, 0.29) is 25.4 Å². The molecule has 1 unspecified atom stereocenters. The summed E-state index contributed by atoms with van der Waals surface area (Å²) in [6.07, 6.45) is 3.19. The fraction of sp³-hybridized carbons (Fsp3) is 0.750. The molecule has 0 aromatic carbocycles. The summed E-state index contributed by atoms with van der Waals surface area (Å²) in [6, 6.07) is 0. The van der Waals surface area contributed by atoms with Crippen LogP contribution in [0.5, 0.6) is 0 Å². The number of aliphatic hydroxyl groups is 2. The highest BCUT2D eigenvalue weighted by Crippen LogP contribution is 2.14. The number of β-amino-alcohol motifs (C(OH)–C–C–N with tert-alkyl or cyclic N) is 1. The lowest BCUT2D eigenvalue weighted by Crippen LogP contribution is -2.50. The average molecular weight is 286 g/mol. The second-order valence-electron chi connectivity index (χ2n) is 4.86. The molecule has 0 aliphatic rings. The first kappa shape index (κ1) is 16.5. The third-order valence-corrected chi connectivity index (χ3v) is 3.60. The number of nitrogens with one attached hydrogen (secondary N) is 1. The van der Waals surface area contributed by atoms with Crippen LogP contribution in [0.2, 0.25) is 0 Å². The molecule has 1 aromatic rings. The van der Waals surface area contributed by atoms with Gasteiger partial charge in [0.1, 0.15) is 12.4 Å².